The van der Waals surface area contributed by atoms with E-state index in [-0.39, 0.29) is 23.2 Å². The van der Waals surface area contributed by atoms with E-state index in [4.69, 9.17) is 9.47 Å². The Morgan fingerprint density at radius 2 is 2.05 bits per heavy atom. The van der Waals surface area contributed by atoms with Crippen LogP contribution in [0.3, 0.4) is 0 Å². The first-order chi connectivity index (χ1) is 8.96. The van der Waals surface area contributed by atoms with Crippen molar-refractivity contribution in [3.05, 3.63) is 29.6 Å². The lowest BCUT2D eigenvalue weighted by atomic mass is 9.92. The van der Waals surface area contributed by atoms with Gasteiger partial charge in [0.2, 0.25) is 0 Å². The molecule has 0 aromatic heterocycles. The molecule has 0 aliphatic carbocycles. The van der Waals surface area contributed by atoms with Crippen molar-refractivity contribution in [1.29, 1.82) is 0 Å². The molecule has 108 valence electrons. The van der Waals surface area contributed by atoms with Gasteiger partial charge >= 0.3 is 0 Å². The van der Waals surface area contributed by atoms with Crippen LogP contribution in [0, 0.1) is 5.82 Å². The lowest BCUT2D eigenvalue weighted by Crippen LogP contribution is -2.48. The van der Waals surface area contributed by atoms with Gasteiger partial charge in [0.05, 0.1) is 12.7 Å². The van der Waals surface area contributed by atoms with Crippen LogP contribution in [0.25, 0.3) is 0 Å². The molecular formula is C15H24FNO2. The molecule has 19 heavy (non-hydrogen) atoms. The van der Waals surface area contributed by atoms with Crippen molar-refractivity contribution in [3.8, 4) is 5.75 Å². The predicted molar refractivity (Wildman–Crippen MR) is 75.2 cm³/mol. The number of nitrogens with one attached hydrogen (secondary N) is 1. The predicted octanol–water partition coefficient (Wildman–Crippen LogP) is 2.78. The highest BCUT2D eigenvalue weighted by Crippen LogP contribution is 2.24. The molecule has 1 aromatic carbocycles. The van der Waals surface area contributed by atoms with Gasteiger partial charge in [-0.25, -0.2) is 4.39 Å². The molecule has 1 atom stereocenters. The lowest BCUT2D eigenvalue weighted by Gasteiger charge is -2.34. The molecule has 0 heterocycles. The number of halogens is 1. The van der Waals surface area contributed by atoms with Crippen molar-refractivity contribution >= 4 is 0 Å². The summed E-state index contributed by atoms with van der Waals surface area (Å²) < 4.78 is 24.9. The summed E-state index contributed by atoms with van der Waals surface area (Å²) in [5, 5.41) is 3.21. The highest BCUT2D eigenvalue weighted by Gasteiger charge is 2.29. The normalized spacial score (nSPS) is 13.4. The molecule has 3 nitrogen and oxygen atoms in total. The van der Waals surface area contributed by atoms with Gasteiger partial charge in [-0.2, -0.15) is 0 Å². The Hall–Kier alpha value is -1.13. The first-order valence-electron chi connectivity index (χ1n) is 6.58. The Labute approximate surface area is 115 Å². The minimum Gasteiger partial charge on any atom is -0.494 e. The number of hydrogen-bond acceptors (Lipinski definition) is 3. The second-order valence-corrected chi connectivity index (χ2v) is 5.02. The van der Waals surface area contributed by atoms with E-state index < -0.39 is 0 Å². The minimum absolute atomic E-state index is 0.0223. The van der Waals surface area contributed by atoms with Crippen LogP contribution in [0.2, 0.25) is 0 Å². The maximum absolute atomic E-state index is 14.2. The summed E-state index contributed by atoms with van der Waals surface area (Å²) in [6.07, 6.45) is 0.548. The molecule has 0 aliphatic rings. The Balaban J connectivity index is 2.93. The highest BCUT2D eigenvalue weighted by atomic mass is 19.1. The highest BCUT2D eigenvalue weighted by molar-refractivity contribution is 5.31. The van der Waals surface area contributed by atoms with Gasteiger partial charge in [0.1, 0.15) is 0 Å². The smallest absolute Gasteiger partial charge is 0.168 e. The van der Waals surface area contributed by atoms with Crippen LogP contribution < -0.4 is 10.1 Å². The largest absolute Gasteiger partial charge is 0.494 e. The van der Waals surface area contributed by atoms with Crippen LogP contribution in [0.4, 0.5) is 4.39 Å². The van der Waals surface area contributed by atoms with E-state index in [1.54, 1.807) is 18.2 Å². The first-order valence-corrected chi connectivity index (χ1v) is 6.58. The van der Waals surface area contributed by atoms with Crippen LogP contribution >= 0.6 is 0 Å². The Kier molecular flexibility index (Phi) is 5.76. The molecule has 0 saturated carbocycles. The molecule has 4 heteroatoms. The third kappa shape index (κ3) is 3.91. The molecule has 0 amide bonds. The third-order valence-corrected chi connectivity index (χ3v) is 3.39. The zero-order valence-corrected chi connectivity index (χ0v) is 12.4. The van der Waals surface area contributed by atoms with E-state index in [0.29, 0.717) is 18.6 Å². The number of benzene rings is 1. The summed E-state index contributed by atoms with van der Waals surface area (Å²) in [4.78, 5) is 0. The topological polar surface area (TPSA) is 30.5 Å². The van der Waals surface area contributed by atoms with Crippen LogP contribution in [-0.2, 0) is 11.2 Å². The second-order valence-electron chi connectivity index (χ2n) is 5.02. The van der Waals surface area contributed by atoms with E-state index in [1.807, 2.05) is 27.8 Å². The summed E-state index contributed by atoms with van der Waals surface area (Å²) in [5.41, 5.74) is 0.269. The van der Waals surface area contributed by atoms with Crippen LogP contribution in [0.1, 0.15) is 26.3 Å². The molecule has 1 unspecified atom stereocenters. The number of ether oxygens (including phenoxy) is 2. The maximum atomic E-state index is 14.2. The van der Waals surface area contributed by atoms with Crippen LogP contribution in [0.15, 0.2) is 18.2 Å². The Morgan fingerprint density at radius 3 is 2.58 bits per heavy atom. The van der Waals surface area contributed by atoms with Gasteiger partial charge in [-0.3, -0.25) is 0 Å². The Morgan fingerprint density at radius 1 is 1.37 bits per heavy atom. The van der Waals surface area contributed by atoms with Crippen molar-refractivity contribution in [1.82, 2.24) is 5.32 Å². The Bertz CT molecular complexity index is 407. The molecule has 0 bridgehead atoms. The minimum atomic E-state index is -0.362. The fraction of sp³-hybridized carbons (Fsp3) is 0.600. The molecule has 0 spiro atoms. The van der Waals surface area contributed by atoms with E-state index >= 15 is 0 Å². The standard InChI is InChI=1S/C15H24FNO2/c1-6-19-15(2,3)13(17-4)10-11-8-7-9-12(18-5)14(11)16/h7-9,13,17H,6,10H2,1-5H3. The van der Waals surface area contributed by atoms with Crippen LogP contribution in [-0.4, -0.2) is 32.4 Å². The fourth-order valence-corrected chi connectivity index (χ4v) is 2.26. The van der Waals surface area contributed by atoms with Gasteiger partial charge in [-0.05, 0) is 45.9 Å². The molecular weight excluding hydrogens is 245 g/mol. The zero-order valence-electron chi connectivity index (χ0n) is 12.4. The van der Waals surface area contributed by atoms with Gasteiger partial charge < -0.3 is 14.8 Å². The SMILES string of the molecule is CCOC(C)(C)C(Cc1cccc(OC)c1F)NC. The summed E-state index contributed by atoms with van der Waals surface area (Å²) in [6.45, 7) is 6.61. The van der Waals surface area contributed by atoms with Gasteiger partial charge in [-0.15, -0.1) is 0 Å². The van der Waals surface area contributed by atoms with Gasteiger partial charge in [0.25, 0.3) is 0 Å². The summed E-state index contributed by atoms with van der Waals surface area (Å²) in [5.74, 6) is -0.0147. The van der Waals surface area contributed by atoms with E-state index in [1.165, 1.54) is 7.11 Å². The van der Waals surface area contributed by atoms with Crippen LogP contribution in [0.5, 0.6) is 5.75 Å². The van der Waals surface area contributed by atoms with Gasteiger partial charge in [0.15, 0.2) is 11.6 Å². The van der Waals surface area contributed by atoms with Crippen molar-refractivity contribution in [2.45, 2.75) is 38.8 Å². The van der Waals surface area contributed by atoms with E-state index in [9.17, 15) is 4.39 Å². The number of rotatable bonds is 7. The summed E-state index contributed by atoms with van der Waals surface area (Å²) >= 11 is 0. The van der Waals surface area contributed by atoms with Gasteiger partial charge in [-0.1, -0.05) is 12.1 Å². The summed E-state index contributed by atoms with van der Waals surface area (Å²) in [6, 6.07) is 5.23. The molecule has 0 radical (unpaired) electrons. The molecule has 1 N–H and O–H groups in total. The number of hydrogen-bond donors (Lipinski definition) is 1. The quantitative estimate of drug-likeness (QED) is 0.825. The van der Waals surface area contributed by atoms with Crippen molar-refractivity contribution < 1.29 is 13.9 Å². The molecule has 0 aliphatic heterocycles. The van der Waals surface area contributed by atoms with E-state index in [2.05, 4.69) is 5.32 Å². The summed E-state index contributed by atoms with van der Waals surface area (Å²) in [7, 11) is 3.34. The first kappa shape index (κ1) is 15.9. The monoisotopic (exact) mass is 269 g/mol. The van der Waals surface area contributed by atoms with Crippen molar-refractivity contribution in [2.24, 2.45) is 0 Å². The number of methoxy groups -OCH3 is 1. The molecule has 0 fully saturated rings. The van der Waals surface area contributed by atoms with Gasteiger partial charge in [0, 0.05) is 12.6 Å². The molecule has 0 saturated heterocycles. The number of likely N-dealkylation sites (N-methyl/N-ethyl adjacent to an activating group) is 1. The third-order valence-electron chi connectivity index (χ3n) is 3.39. The average Bonchev–Trinajstić information content (AvgIpc) is 2.37. The average molecular weight is 269 g/mol. The fourth-order valence-electron chi connectivity index (χ4n) is 2.26. The second kappa shape index (κ2) is 6.87. The zero-order chi connectivity index (χ0) is 14.5. The lowest BCUT2D eigenvalue weighted by molar-refractivity contribution is -0.0364. The van der Waals surface area contributed by atoms with Crippen molar-refractivity contribution in [2.75, 3.05) is 20.8 Å². The maximum Gasteiger partial charge on any atom is 0.168 e. The molecule has 1 rings (SSSR count). The van der Waals surface area contributed by atoms with Crippen molar-refractivity contribution in [3.63, 3.8) is 0 Å². The van der Waals surface area contributed by atoms with E-state index in [0.717, 1.165) is 0 Å². The molecule has 1 aromatic rings.